The molecule has 0 aliphatic heterocycles. The molecular formula is C14H14N4S4. The van der Waals surface area contributed by atoms with Gasteiger partial charge in [-0.15, -0.1) is 21.5 Å². The summed E-state index contributed by atoms with van der Waals surface area (Å²) in [7, 11) is 0. The number of thiophene rings is 1. The second kappa shape index (κ2) is 6.43. The van der Waals surface area contributed by atoms with Gasteiger partial charge in [-0.05, 0) is 43.0 Å². The lowest BCUT2D eigenvalue weighted by molar-refractivity contribution is 0.915. The van der Waals surface area contributed by atoms with Crippen LogP contribution in [-0.2, 0) is 12.8 Å². The molecular weight excluding hydrogens is 352 g/mol. The number of hydrogen-bond donors (Lipinski definition) is 0. The average molecular weight is 367 g/mol. The molecule has 114 valence electrons. The van der Waals surface area contributed by atoms with Gasteiger partial charge in [0.15, 0.2) is 8.68 Å². The quantitative estimate of drug-likeness (QED) is 0.482. The lowest BCUT2D eigenvalue weighted by Gasteiger charge is -2.00. The summed E-state index contributed by atoms with van der Waals surface area (Å²) in [6.07, 6.45) is 6.43. The van der Waals surface area contributed by atoms with E-state index in [1.54, 1.807) is 41.2 Å². The molecule has 0 amide bonds. The highest BCUT2D eigenvalue weighted by molar-refractivity contribution is 8.03. The van der Waals surface area contributed by atoms with E-state index in [-0.39, 0.29) is 0 Å². The fraction of sp³-hybridized carbons (Fsp3) is 0.429. The molecule has 0 bridgehead atoms. The maximum Gasteiger partial charge on any atom is 0.181 e. The van der Waals surface area contributed by atoms with Gasteiger partial charge in [0.2, 0.25) is 0 Å². The molecule has 0 saturated carbocycles. The van der Waals surface area contributed by atoms with Gasteiger partial charge in [-0.25, -0.2) is 9.97 Å². The largest absolute Gasteiger partial charge is 0.229 e. The van der Waals surface area contributed by atoms with Crippen molar-refractivity contribution in [2.24, 2.45) is 0 Å². The van der Waals surface area contributed by atoms with Crippen LogP contribution in [-0.4, -0.2) is 25.9 Å². The van der Waals surface area contributed by atoms with Gasteiger partial charge in [0, 0.05) is 16.0 Å². The van der Waals surface area contributed by atoms with Crippen molar-refractivity contribution in [2.45, 2.75) is 46.3 Å². The highest BCUT2D eigenvalue weighted by Gasteiger charge is 2.22. The van der Waals surface area contributed by atoms with E-state index < -0.39 is 0 Å². The molecule has 0 atom stereocenters. The van der Waals surface area contributed by atoms with Crippen LogP contribution in [0, 0.1) is 0 Å². The minimum atomic E-state index is 0.969. The normalized spacial score (nSPS) is 13.9. The van der Waals surface area contributed by atoms with Crippen LogP contribution in [0.3, 0.4) is 0 Å². The SMILES string of the molecule is CCCSc1nnc(Sc2ncnc3sc4c(c23)CCC4)s1. The van der Waals surface area contributed by atoms with Gasteiger partial charge in [-0.1, -0.05) is 30.0 Å². The third-order valence-corrected chi connectivity index (χ3v) is 7.98. The molecule has 0 fully saturated rings. The second-order valence-corrected chi connectivity index (χ2v) is 9.64. The van der Waals surface area contributed by atoms with Crippen molar-refractivity contribution >= 4 is 56.4 Å². The molecule has 0 radical (unpaired) electrons. The highest BCUT2D eigenvalue weighted by Crippen LogP contribution is 2.42. The Morgan fingerprint density at radius 2 is 2.05 bits per heavy atom. The average Bonchev–Trinajstić information content (AvgIpc) is 3.20. The molecule has 0 unspecified atom stereocenters. The zero-order chi connectivity index (χ0) is 14.9. The number of hydrogen-bond acceptors (Lipinski definition) is 8. The number of nitrogens with zero attached hydrogens (tertiary/aromatic N) is 4. The Labute approximate surface area is 145 Å². The molecule has 1 aliphatic carbocycles. The number of fused-ring (bicyclic) bond motifs is 3. The van der Waals surface area contributed by atoms with E-state index >= 15 is 0 Å². The van der Waals surface area contributed by atoms with Crippen LogP contribution >= 0.6 is 46.2 Å². The fourth-order valence-corrected chi connectivity index (χ4v) is 6.82. The van der Waals surface area contributed by atoms with Crippen molar-refractivity contribution in [1.29, 1.82) is 0 Å². The van der Waals surface area contributed by atoms with Crippen molar-refractivity contribution in [3.8, 4) is 0 Å². The van der Waals surface area contributed by atoms with Gasteiger partial charge in [0.05, 0.1) is 0 Å². The number of aromatic nitrogens is 4. The summed E-state index contributed by atoms with van der Waals surface area (Å²) in [5, 5.41) is 10.9. The minimum Gasteiger partial charge on any atom is -0.229 e. The van der Waals surface area contributed by atoms with Crippen LogP contribution in [0.15, 0.2) is 20.0 Å². The first kappa shape index (κ1) is 14.9. The third kappa shape index (κ3) is 2.77. The van der Waals surface area contributed by atoms with Crippen LogP contribution in [0.4, 0.5) is 0 Å². The first-order valence-electron chi connectivity index (χ1n) is 7.24. The van der Waals surface area contributed by atoms with E-state index in [0.717, 1.165) is 37.1 Å². The molecule has 3 aromatic rings. The molecule has 4 nitrogen and oxygen atoms in total. The summed E-state index contributed by atoms with van der Waals surface area (Å²) in [6.45, 7) is 2.18. The molecule has 3 aromatic heterocycles. The van der Waals surface area contributed by atoms with E-state index in [4.69, 9.17) is 0 Å². The van der Waals surface area contributed by atoms with Crippen molar-refractivity contribution in [1.82, 2.24) is 20.2 Å². The smallest absolute Gasteiger partial charge is 0.181 e. The lowest BCUT2D eigenvalue weighted by Crippen LogP contribution is -1.86. The minimum absolute atomic E-state index is 0.969. The summed E-state index contributed by atoms with van der Waals surface area (Å²) < 4.78 is 2.02. The van der Waals surface area contributed by atoms with Crippen LogP contribution < -0.4 is 0 Å². The maximum atomic E-state index is 4.51. The zero-order valence-corrected chi connectivity index (χ0v) is 15.3. The maximum absolute atomic E-state index is 4.51. The number of rotatable bonds is 5. The molecule has 0 N–H and O–H groups in total. The predicted octanol–water partition coefficient (Wildman–Crippen LogP) is 4.68. The molecule has 4 rings (SSSR count). The summed E-state index contributed by atoms with van der Waals surface area (Å²) in [5.74, 6) is 1.09. The van der Waals surface area contributed by atoms with Crippen molar-refractivity contribution in [3.63, 3.8) is 0 Å². The Morgan fingerprint density at radius 1 is 1.14 bits per heavy atom. The zero-order valence-electron chi connectivity index (χ0n) is 12.0. The van der Waals surface area contributed by atoms with Crippen LogP contribution in [0.1, 0.15) is 30.2 Å². The van der Waals surface area contributed by atoms with E-state index in [1.165, 1.54) is 28.7 Å². The number of thioether (sulfide) groups is 1. The Morgan fingerprint density at radius 3 is 2.95 bits per heavy atom. The van der Waals surface area contributed by atoms with Gasteiger partial charge in [0.1, 0.15) is 16.2 Å². The van der Waals surface area contributed by atoms with Gasteiger partial charge in [-0.3, -0.25) is 0 Å². The van der Waals surface area contributed by atoms with Gasteiger partial charge in [0.25, 0.3) is 0 Å². The van der Waals surface area contributed by atoms with Crippen LogP contribution in [0.25, 0.3) is 10.2 Å². The molecule has 0 aromatic carbocycles. The summed E-state index contributed by atoms with van der Waals surface area (Å²) >= 11 is 6.89. The van der Waals surface area contributed by atoms with E-state index in [9.17, 15) is 0 Å². The van der Waals surface area contributed by atoms with E-state index in [1.807, 2.05) is 11.3 Å². The first-order chi connectivity index (χ1) is 10.8. The molecule has 1 aliphatic rings. The predicted molar refractivity (Wildman–Crippen MR) is 94.5 cm³/mol. The Bertz CT molecular complexity index is 810. The Kier molecular flexibility index (Phi) is 4.34. The van der Waals surface area contributed by atoms with Crippen LogP contribution in [0.5, 0.6) is 0 Å². The monoisotopic (exact) mass is 366 g/mol. The van der Waals surface area contributed by atoms with Crippen molar-refractivity contribution in [3.05, 3.63) is 16.8 Å². The molecule has 3 heterocycles. The lowest BCUT2D eigenvalue weighted by atomic mass is 10.2. The van der Waals surface area contributed by atoms with Crippen molar-refractivity contribution < 1.29 is 0 Å². The summed E-state index contributed by atoms with van der Waals surface area (Å²) in [6, 6.07) is 0. The van der Waals surface area contributed by atoms with E-state index in [2.05, 4.69) is 27.1 Å². The van der Waals surface area contributed by atoms with Gasteiger partial charge >= 0.3 is 0 Å². The summed E-state index contributed by atoms with van der Waals surface area (Å²) in [5.41, 5.74) is 1.47. The molecule has 22 heavy (non-hydrogen) atoms. The molecule has 0 saturated heterocycles. The Balaban J connectivity index is 1.65. The third-order valence-electron chi connectivity index (χ3n) is 3.47. The Hall–Kier alpha value is -0.700. The molecule has 0 spiro atoms. The standard InChI is InChI=1S/C14H14N4S4/c1-2-6-19-13-17-18-14(22-13)21-12-10-8-4-3-5-9(8)20-11(10)15-7-16-12/h7H,2-6H2,1H3. The molecule has 8 heteroatoms. The van der Waals surface area contributed by atoms with Crippen LogP contribution in [0.2, 0.25) is 0 Å². The summed E-state index contributed by atoms with van der Waals surface area (Å²) in [4.78, 5) is 11.6. The van der Waals surface area contributed by atoms with E-state index in [0.29, 0.717) is 0 Å². The second-order valence-electron chi connectivity index (χ2n) is 5.00. The topological polar surface area (TPSA) is 51.6 Å². The van der Waals surface area contributed by atoms with Gasteiger partial charge < -0.3 is 0 Å². The fourth-order valence-electron chi connectivity index (χ4n) is 2.55. The highest BCUT2D eigenvalue weighted by atomic mass is 32.2. The number of aryl methyl sites for hydroxylation is 2. The first-order valence-corrected chi connectivity index (χ1v) is 10.7. The van der Waals surface area contributed by atoms with Gasteiger partial charge in [-0.2, -0.15) is 0 Å². The van der Waals surface area contributed by atoms with Crippen molar-refractivity contribution in [2.75, 3.05) is 5.75 Å².